The molecule has 0 spiro atoms. The molecular formula is C32H36F2N4O5. The van der Waals surface area contributed by atoms with E-state index in [4.69, 9.17) is 4.74 Å². The average Bonchev–Trinajstić information content (AvgIpc) is 3.34. The molecule has 3 atom stereocenters. The number of aliphatic hydroxyl groups is 1. The Morgan fingerprint density at radius 2 is 1.67 bits per heavy atom. The van der Waals surface area contributed by atoms with Crippen LogP contribution in [-0.2, 0) is 27.3 Å². The van der Waals surface area contributed by atoms with Gasteiger partial charge in [0.2, 0.25) is 5.91 Å². The number of hydrogen-bond acceptors (Lipinski definition) is 6. The predicted molar refractivity (Wildman–Crippen MR) is 158 cm³/mol. The molecule has 0 unspecified atom stereocenters. The van der Waals surface area contributed by atoms with Crippen LogP contribution in [0.5, 0.6) is 5.75 Å². The van der Waals surface area contributed by atoms with Crippen molar-refractivity contribution >= 4 is 23.4 Å². The van der Waals surface area contributed by atoms with Gasteiger partial charge in [-0.1, -0.05) is 60.7 Å². The second kappa shape index (κ2) is 14.1. The number of nitrogens with zero attached hydrogens (tertiary/aromatic N) is 1. The highest BCUT2D eigenvalue weighted by molar-refractivity contribution is 5.91. The number of halogens is 2. The highest BCUT2D eigenvalue weighted by Gasteiger charge is 2.51. The fraction of sp³-hybridized carbons (Fsp3) is 0.344. The Bertz CT molecular complexity index is 1400. The van der Waals surface area contributed by atoms with E-state index < -0.39 is 54.8 Å². The third-order valence-corrected chi connectivity index (χ3v) is 7.30. The van der Waals surface area contributed by atoms with E-state index >= 15 is 0 Å². The van der Waals surface area contributed by atoms with Gasteiger partial charge in [-0.05, 0) is 48.2 Å². The van der Waals surface area contributed by atoms with Gasteiger partial charge < -0.3 is 30.7 Å². The number of hydrogen-bond donors (Lipinski definition) is 4. The van der Waals surface area contributed by atoms with Gasteiger partial charge >= 0.3 is 0 Å². The molecule has 228 valence electrons. The van der Waals surface area contributed by atoms with E-state index in [1.54, 1.807) is 61.6 Å². The molecule has 11 heteroatoms. The molecule has 4 rings (SSSR count). The quantitative estimate of drug-likeness (QED) is 0.256. The Morgan fingerprint density at radius 1 is 1.00 bits per heavy atom. The summed E-state index contributed by atoms with van der Waals surface area (Å²) in [6.45, 7) is 0.480. The maximum Gasteiger partial charge on any atom is 0.267 e. The van der Waals surface area contributed by atoms with Crippen LogP contribution in [0.25, 0.3) is 0 Å². The number of ether oxygens (including phenoxy) is 1. The molecule has 9 nitrogen and oxygen atoms in total. The molecule has 43 heavy (non-hydrogen) atoms. The first-order valence-electron chi connectivity index (χ1n) is 14.0. The smallest absolute Gasteiger partial charge is 0.267 e. The van der Waals surface area contributed by atoms with Gasteiger partial charge in [-0.2, -0.15) is 0 Å². The van der Waals surface area contributed by atoms with Crippen molar-refractivity contribution in [3.8, 4) is 5.75 Å². The first kappa shape index (κ1) is 31.4. The number of likely N-dealkylation sites (tertiary alicyclic amines) is 1. The van der Waals surface area contributed by atoms with E-state index in [-0.39, 0.29) is 19.6 Å². The van der Waals surface area contributed by atoms with E-state index in [1.165, 1.54) is 0 Å². The number of amides is 3. The molecule has 0 radical (unpaired) electrons. The Labute approximate surface area is 249 Å². The van der Waals surface area contributed by atoms with E-state index in [2.05, 4.69) is 16.0 Å². The number of carbonyl (C=O) groups is 3. The lowest BCUT2D eigenvalue weighted by Gasteiger charge is -2.30. The molecule has 3 amide bonds. The van der Waals surface area contributed by atoms with Crippen molar-refractivity contribution < 1.29 is 33.0 Å². The highest BCUT2D eigenvalue weighted by Crippen LogP contribution is 2.33. The number of rotatable bonds is 12. The van der Waals surface area contributed by atoms with Gasteiger partial charge in [0, 0.05) is 25.7 Å². The summed E-state index contributed by atoms with van der Waals surface area (Å²) >= 11 is 0. The van der Waals surface area contributed by atoms with Crippen LogP contribution in [0.1, 0.15) is 23.1 Å². The summed E-state index contributed by atoms with van der Waals surface area (Å²) < 4.78 is 34.8. The number of alkyl halides is 2. The van der Waals surface area contributed by atoms with Gasteiger partial charge in [-0.3, -0.25) is 14.4 Å². The maximum absolute atomic E-state index is 14.6. The number of benzene rings is 3. The number of nitrogens with one attached hydrogen (secondary N) is 3. The Morgan fingerprint density at radius 3 is 2.35 bits per heavy atom. The topological polar surface area (TPSA) is 120 Å². The molecule has 3 aromatic rings. The van der Waals surface area contributed by atoms with Gasteiger partial charge in [0.25, 0.3) is 17.7 Å². The molecule has 1 aliphatic rings. The van der Waals surface area contributed by atoms with Crippen LogP contribution in [0.4, 0.5) is 14.5 Å². The second-order valence-corrected chi connectivity index (χ2v) is 10.6. The van der Waals surface area contributed by atoms with Gasteiger partial charge in [-0.15, -0.1) is 0 Å². The molecule has 0 aliphatic carbocycles. The van der Waals surface area contributed by atoms with Crippen LogP contribution in [0.15, 0.2) is 78.9 Å². The van der Waals surface area contributed by atoms with Crippen LogP contribution >= 0.6 is 0 Å². The summed E-state index contributed by atoms with van der Waals surface area (Å²) in [7, 11) is 1.77. The third kappa shape index (κ3) is 8.51. The minimum atomic E-state index is -3.33. The molecule has 1 heterocycles. The largest absolute Gasteiger partial charge is 0.484 e. The van der Waals surface area contributed by atoms with Crippen molar-refractivity contribution in [3.05, 3.63) is 95.6 Å². The second-order valence-electron chi connectivity index (χ2n) is 10.6. The first-order valence-corrected chi connectivity index (χ1v) is 14.0. The van der Waals surface area contributed by atoms with Gasteiger partial charge in [0.15, 0.2) is 12.7 Å². The third-order valence-electron chi connectivity index (χ3n) is 7.30. The summed E-state index contributed by atoms with van der Waals surface area (Å²) in [5, 5.41) is 19.4. The molecule has 1 fully saturated rings. The van der Waals surface area contributed by atoms with E-state index in [0.29, 0.717) is 16.2 Å². The Balaban J connectivity index is 1.46. The minimum Gasteiger partial charge on any atom is -0.484 e. The Kier molecular flexibility index (Phi) is 10.3. The lowest BCUT2D eigenvalue weighted by Crippen LogP contribution is -2.56. The monoisotopic (exact) mass is 594 g/mol. The van der Waals surface area contributed by atoms with Crippen molar-refractivity contribution in [1.82, 2.24) is 15.5 Å². The highest BCUT2D eigenvalue weighted by atomic mass is 19.3. The SMILES string of the molecule is CNc1ccc(CNC(=O)[C@@H]2CC(F)(F)CN2C(=O)[C@@H](O)[C@H](Cc2ccccc2)NC(=O)COc2ccccc2C)cc1. The lowest BCUT2D eigenvalue weighted by atomic mass is 9.99. The van der Waals surface area contributed by atoms with Crippen molar-refractivity contribution in [1.29, 1.82) is 0 Å². The van der Waals surface area contributed by atoms with Crippen molar-refractivity contribution in [2.45, 2.75) is 50.4 Å². The molecular weight excluding hydrogens is 558 g/mol. The molecule has 0 saturated carbocycles. The molecule has 3 aromatic carbocycles. The minimum absolute atomic E-state index is 0.0353. The fourth-order valence-corrected chi connectivity index (χ4v) is 4.94. The molecule has 0 aromatic heterocycles. The summed E-state index contributed by atoms with van der Waals surface area (Å²) in [4.78, 5) is 40.1. The molecule has 1 saturated heterocycles. The van der Waals surface area contributed by atoms with E-state index in [0.717, 1.165) is 16.8 Å². The zero-order valence-electron chi connectivity index (χ0n) is 24.1. The van der Waals surface area contributed by atoms with Gasteiger partial charge in [0.1, 0.15) is 11.8 Å². The van der Waals surface area contributed by atoms with Crippen LogP contribution in [0.3, 0.4) is 0 Å². The standard InChI is InChI=1S/C32H36F2N4O5/c1-21-8-6-7-11-27(21)43-19-28(39)37-25(16-22-9-4-3-5-10-22)29(40)31(42)38-20-32(33,34)17-26(38)30(41)36-18-23-12-14-24(35-2)15-13-23/h3-15,25-26,29,35,40H,16-20H2,1-2H3,(H,36,41)(H,37,39)/t25-,26-,29-/m0/s1. The van der Waals surface area contributed by atoms with Crippen molar-refractivity contribution in [2.24, 2.45) is 0 Å². The summed E-state index contributed by atoms with van der Waals surface area (Å²) in [5.41, 5.74) is 3.13. The van der Waals surface area contributed by atoms with Crippen LogP contribution in [0.2, 0.25) is 0 Å². The zero-order chi connectivity index (χ0) is 31.0. The van der Waals surface area contributed by atoms with Crippen LogP contribution in [-0.4, -0.2) is 72.0 Å². The maximum atomic E-state index is 14.6. The normalized spacial score (nSPS) is 17.0. The molecule has 4 N–H and O–H groups in total. The summed E-state index contributed by atoms with van der Waals surface area (Å²) in [5.74, 6) is -5.27. The first-order chi connectivity index (χ1) is 20.6. The number of carbonyl (C=O) groups excluding carboxylic acids is 3. The molecule has 0 bridgehead atoms. The van der Waals surface area contributed by atoms with E-state index in [1.807, 2.05) is 31.2 Å². The van der Waals surface area contributed by atoms with Crippen molar-refractivity contribution in [3.63, 3.8) is 0 Å². The summed E-state index contributed by atoms with van der Waals surface area (Å²) in [6.07, 6.45) is -2.75. The van der Waals surface area contributed by atoms with Crippen molar-refractivity contribution in [2.75, 3.05) is 25.5 Å². The number of anilines is 1. The van der Waals surface area contributed by atoms with E-state index in [9.17, 15) is 28.3 Å². The average molecular weight is 595 g/mol. The van der Waals surface area contributed by atoms with Gasteiger partial charge in [-0.25, -0.2) is 8.78 Å². The predicted octanol–water partition coefficient (Wildman–Crippen LogP) is 3.06. The number of aryl methyl sites for hydroxylation is 1. The Hall–Kier alpha value is -4.51. The van der Waals surface area contributed by atoms with Crippen LogP contribution in [0, 0.1) is 6.92 Å². The number of para-hydroxylation sites is 1. The summed E-state index contributed by atoms with van der Waals surface area (Å²) in [6, 6.07) is 20.5. The van der Waals surface area contributed by atoms with Crippen LogP contribution < -0.4 is 20.7 Å². The molecule has 1 aliphatic heterocycles. The zero-order valence-corrected chi connectivity index (χ0v) is 24.1. The lowest BCUT2D eigenvalue weighted by molar-refractivity contribution is -0.147. The number of aliphatic hydroxyl groups excluding tert-OH is 1. The van der Waals surface area contributed by atoms with Gasteiger partial charge in [0.05, 0.1) is 12.6 Å². The fourth-order valence-electron chi connectivity index (χ4n) is 4.94.